The lowest BCUT2D eigenvalue weighted by Crippen LogP contribution is -2.25. The number of hydrogen-bond acceptors (Lipinski definition) is 4. The Morgan fingerprint density at radius 3 is 2.47 bits per heavy atom. The molecule has 2 atom stereocenters. The molecule has 0 rings (SSSR count). The van der Waals surface area contributed by atoms with E-state index in [1.165, 1.54) is 0 Å². The first-order valence-corrected chi connectivity index (χ1v) is 8.22. The molecule has 0 aromatic rings. The van der Waals surface area contributed by atoms with E-state index in [1.54, 1.807) is 6.92 Å². The minimum Gasteiger partial charge on any atom is -0.481 e. The summed E-state index contributed by atoms with van der Waals surface area (Å²) < 4.78 is 16.3. The Balaban J connectivity index is 4.64. The summed E-state index contributed by atoms with van der Waals surface area (Å²) >= 11 is 3.03. The number of halogens is 1. The number of aliphatic carboxylic acids is 1. The minimum atomic E-state index is -3.49. The van der Waals surface area contributed by atoms with E-state index in [1.807, 2.05) is 0 Å². The fourth-order valence-electron chi connectivity index (χ4n) is 1.26. The molecule has 0 saturated heterocycles. The Labute approximate surface area is 108 Å². The molecule has 2 N–H and O–H groups in total. The Hall–Kier alpha value is -0.390. The van der Waals surface area contributed by atoms with Gasteiger partial charge < -0.3 is 14.7 Å². The number of rotatable bonds is 8. The minimum absolute atomic E-state index is 0.00250. The standard InChI is InChI=1S/C9H16BrO6P/c1-2-16-9(13)7(5-8(11)12)6-17(14,15)4-3-10/h7H,2-6H2,1H3,(H,11,12)(H,14,15). The van der Waals surface area contributed by atoms with Crippen LogP contribution in [0.5, 0.6) is 0 Å². The van der Waals surface area contributed by atoms with E-state index in [9.17, 15) is 19.0 Å². The summed E-state index contributed by atoms with van der Waals surface area (Å²) in [5.74, 6) is -3.00. The zero-order chi connectivity index (χ0) is 13.5. The lowest BCUT2D eigenvalue weighted by Gasteiger charge is -2.17. The second kappa shape index (κ2) is 7.84. The topological polar surface area (TPSA) is 101 Å². The van der Waals surface area contributed by atoms with Crippen molar-refractivity contribution in [2.24, 2.45) is 5.92 Å². The number of ether oxygens (including phenoxy) is 1. The third-order valence-corrected chi connectivity index (χ3v) is 4.92. The molecule has 100 valence electrons. The maximum atomic E-state index is 11.6. The number of carbonyl (C=O) groups is 2. The van der Waals surface area contributed by atoms with E-state index in [4.69, 9.17) is 5.11 Å². The van der Waals surface area contributed by atoms with Crippen molar-refractivity contribution in [2.75, 3.05) is 24.3 Å². The van der Waals surface area contributed by atoms with Gasteiger partial charge in [0.05, 0.1) is 18.9 Å². The van der Waals surface area contributed by atoms with Crippen molar-refractivity contribution in [2.45, 2.75) is 13.3 Å². The summed E-state index contributed by atoms with van der Waals surface area (Å²) in [7, 11) is -3.49. The van der Waals surface area contributed by atoms with Crippen LogP contribution >= 0.6 is 23.3 Å². The van der Waals surface area contributed by atoms with Crippen LogP contribution in [0.2, 0.25) is 0 Å². The van der Waals surface area contributed by atoms with Crippen molar-refractivity contribution in [3.63, 3.8) is 0 Å². The summed E-state index contributed by atoms with van der Waals surface area (Å²) in [6.07, 6.45) is -0.849. The van der Waals surface area contributed by atoms with Gasteiger partial charge in [-0.25, -0.2) is 0 Å². The van der Waals surface area contributed by atoms with Crippen LogP contribution in [-0.2, 0) is 18.9 Å². The molecule has 0 saturated carbocycles. The van der Waals surface area contributed by atoms with Gasteiger partial charge in [0.1, 0.15) is 0 Å². The number of esters is 1. The van der Waals surface area contributed by atoms with Crippen LogP contribution in [0.4, 0.5) is 0 Å². The fraction of sp³-hybridized carbons (Fsp3) is 0.778. The molecule has 0 aromatic carbocycles. The molecule has 2 unspecified atom stereocenters. The van der Waals surface area contributed by atoms with Crippen molar-refractivity contribution in [3.05, 3.63) is 0 Å². The van der Waals surface area contributed by atoms with Crippen LogP contribution in [0, 0.1) is 5.92 Å². The predicted molar refractivity (Wildman–Crippen MR) is 65.7 cm³/mol. The van der Waals surface area contributed by atoms with Gasteiger partial charge in [-0.3, -0.25) is 14.2 Å². The molecular formula is C9H16BrO6P. The van der Waals surface area contributed by atoms with Gasteiger partial charge in [0.2, 0.25) is 7.37 Å². The van der Waals surface area contributed by atoms with Crippen LogP contribution < -0.4 is 0 Å². The summed E-state index contributed by atoms with van der Waals surface area (Å²) in [4.78, 5) is 31.5. The lowest BCUT2D eigenvalue weighted by molar-refractivity contribution is -0.151. The molecule has 0 aliphatic carbocycles. The average Bonchev–Trinajstić information content (AvgIpc) is 2.15. The zero-order valence-corrected chi connectivity index (χ0v) is 11.9. The number of hydrogen-bond donors (Lipinski definition) is 2. The first-order valence-electron chi connectivity index (χ1n) is 5.07. The van der Waals surface area contributed by atoms with Gasteiger partial charge >= 0.3 is 11.9 Å². The molecule has 0 bridgehead atoms. The highest BCUT2D eigenvalue weighted by atomic mass is 79.9. The van der Waals surface area contributed by atoms with E-state index in [0.29, 0.717) is 5.33 Å². The van der Waals surface area contributed by atoms with E-state index >= 15 is 0 Å². The molecule has 0 fully saturated rings. The van der Waals surface area contributed by atoms with Gasteiger partial charge in [0, 0.05) is 17.7 Å². The Bertz CT molecular complexity index is 319. The van der Waals surface area contributed by atoms with E-state index in [0.717, 1.165) is 0 Å². The first kappa shape index (κ1) is 16.6. The molecule has 0 aliphatic heterocycles. The smallest absolute Gasteiger partial charge is 0.310 e. The third-order valence-electron chi connectivity index (χ3n) is 1.98. The monoisotopic (exact) mass is 330 g/mol. The third kappa shape index (κ3) is 7.52. The first-order chi connectivity index (χ1) is 7.82. The van der Waals surface area contributed by atoms with Gasteiger partial charge in [-0.15, -0.1) is 0 Å². The van der Waals surface area contributed by atoms with Crippen LogP contribution in [0.1, 0.15) is 13.3 Å². The Morgan fingerprint density at radius 1 is 1.47 bits per heavy atom. The lowest BCUT2D eigenvalue weighted by atomic mass is 10.1. The van der Waals surface area contributed by atoms with E-state index in [-0.39, 0.29) is 18.9 Å². The number of carbonyl (C=O) groups excluding carboxylic acids is 1. The van der Waals surface area contributed by atoms with Crippen LogP contribution in [0.25, 0.3) is 0 Å². The fourth-order valence-corrected chi connectivity index (χ4v) is 4.34. The van der Waals surface area contributed by atoms with Crippen LogP contribution in [0.15, 0.2) is 0 Å². The molecule has 0 amide bonds. The SMILES string of the molecule is CCOC(=O)C(CC(=O)O)CP(=O)(O)CCBr. The van der Waals surface area contributed by atoms with Gasteiger partial charge in [-0.1, -0.05) is 15.9 Å². The summed E-state index contributed by atoms with van der Waals surface area (Å²) in [5, 5.41) is 8.96. The average molecular weight is 331 g/mol. The second-order valence-corrected chi connectivity index (χ2v) is 6.79. The molecule has 8 heteroatoms. The second-order valence-electron chi connectivity index (χ2n) is 3.49. The van der Waals surface area contributed by atoms with E-state index in [2.05, 4.69) is 20.7 Å². The maximum absolute atomic E-state index is 11.6. The van der Waals surface area contributed by atoms with Crippen molar-refractivity contribution in [1.82, 2.24) is 0 Å². The molecule has 0 heterocycles. The number of carboxylic acids is 1. The largest absolute Gasteiger partial charge is 0.481 e. The summed E-state index contributed by atoms with van der Waals surface area (Å²) in [6.45, 7) is 1.70. The molecule has 0 aromatic heterocycles. The van der Waals surface area contributed by atoms with Gasteiger partial charge in [-0.05, 0) is 6.92 Å². The summed E-state index contributed by atoms with van der Waals surface area (Å²) in [6, 6.07) is 0. The molecular weight excluding hydrogens is 315 g/mol. The van der Waals surface area contributed by atoms with Crippen molar-refractivity contribution in [1.29, 1.82) is 0 Å². The molecule has 0 spiro atoms. The molecule has 17 heavy (non-hydrogen) atoms. The zero-order valence-electron chi connectivity index (χ0n) is 9.47. The van der Waals surface area contributed by atoms with E-state index < -0.39 is 31.6 Å². The van der Waals surface area contributed by atoms with Crippen molar-refractivity contribution >= 4 is 35.2 Å². The molecule has 0 aliphatic rings. The molecule has 6 nitrogen and oxygen atoms in total. The quantitative estimate of drug-likeness (QED) is 0.395. The van der Waals surface area contributed by atoms with Crippen LogP contribution in [0.3, 0.4) is 0 Å². The summed E-state index contributed by atoms with van der Waals surface area (Å²) in [5.41, 5.74) is 0. The highest BCUT2D eigenvalue weighted by molar-refractivity contribution is 9.09. The number of alkyl halides is 1. The normalized spacial score (nSPS) is 15.9. The van der Waals surface area contributed by atoms with Gasteiger partial charge in [-0.2, -0.15) is 0 Å². The number of carboxylic acid groups (broad SMARTS) is 1. The Morgan fingerprint density at radius 2 is 2.06 bits per heavy atom. The Kier molecular flexibility index (Phi) is 7.66. The maximum Gasteiger partial charge on any atom is 0.310 e. The predicted octanol–water partition coefficient (Wildman–Crippen LogP) is 1.31. The van der Waals surface area contributed by atoms with Gasteiger partial charge in [0.25, 0.3) is 0 Å². The van der Waals surface area contributed by atoms with Gasteiger partial charge in [0.15, 0.2) is 0 Å². The highest BCUT2D eigenvalue weighted by Gasteiger charge is 2.31. The highest BCUT2D eigenvalue weighted by Crippen LogP contribution is 2.43. The van der Waals surface area contributed by atoms with Crippen molar-refractivity contribution in [3.8, 4) is 0 Å². The molecule has 0 radical (unpaired) electrons. The van der Waals surface area contributed by atoms with Crippen LogP contribution in [-0.4, -0.2) is 46.2 Å². The van der Waals surface area contributed by atoms with Crippen molar-refractivity contribution < 1.29 is 28.9 Å².